The van der Waals surface area contributed by atoms with Gasteiger partial charge in [-0.25, -0.2) is 14.2 Å². The van der Waals surface area contributed by atoms with Crippen molar-refractivity contribution in [3.63, 3.8) is 0 Å². The molecule has 3 aliphatic rings. The third-order valence-electron chi connectivity index (χ3n) is 7.76. The number of nitrogens with zero attached hydrogens (tertiary/aromatic N) is 5. The van der Waals surface area contributed by atoms with Crippen LogP contribution in [0.3, 0.4) is 0 Å². The number of alkyl halides is 4. The molecule has 0 spiro atoms. The first-order valence-corrected chi connectivity index (χ1v) is 13.0. The van der Waals surface area contributed by atoms with Gasteiger partial charge in [0.15, 0.2) is 5.78 Å². The number of benzene rings is 1. The zero-order valence-electron chi connectivity index (χ0n) is 21.4. The normalized spacial score (nSPS) is 20.4. The number of fused-ring (bicyclic) bond motifs is 1. The van der Waals surface area contributed by atoms with Gasteiger partial charge in [-0.05, 0) is 41.8 Å². The van der Waals surface area contributed by atoms with Crippen LogP contribution in [-0.4, -0.2) is 67.4 Å². The van der Waals surface area contributed by atoms with Gasteiger partial charge in [0.25, 0.3) is 0 Å². The number of hydrogen-bond donors (Lipinski definition) is 0. The van der Waals surface area contributed by atoms with Gasteiger partial charge < -0.3 is 14.4 Å². The van der Waals surface area contributed by atoms with Gasteiger partial charge >= 0.3 is 18.2 Å². The van der Waals surface area contributed by atoms with Crippen LogP contribution >= 0.6 is 0 Å². The Kier molecular flexibility index (Phi) is 5.56. The lowest BCUT2D eigenvalue weighted by atomic mass is 9.98. The highest BCUT2D eigenvalue weighted by Gasteiger charge is 2.53. The average Bonchev–Trinajstić information content (AvgIpc) is 3.55. The highest BCUT2D eigenvalue weighted by molar-refractivity contribution is 6.31. The van der Waals surface area contributed by atoms with Crippen molar-refractivity contribution < 1.29 is 36.3 Å². The van der Waals surface area contributed by atoms with Crippen molar-refractivity contribution in [1.82, 2.24) is 23.8 Å². The molecule has 2 aliphatic heterocycles. The van der Waals surface area contributed by atoms with E-state index in [4.69, 9.17) is 0 Å². The van der Waals surface area contributed by atoms with Crippen molar-refractivity contribution >= 4 is 39.5 Å². The number of carbonyl (C=O) groups excluding carboxylic acids is 2. The SMILES string of the molecule is O=C1CCC(c2cn3c4c(cc(F)cc24)CN(C(=O)N2CC(F)(F)OC(F)(F)C2)CC3)=C1c1cnc2ccccn12. The van der Waals surface area contributed by atoms with Gasteiger partial charge in [0.1, 0.15) is 24.6 Å². The quantitative estimate of drug-likeness (QED) is 0.312. The average molecular weight is 572 g/mol. The lowest BCUT2D eigenvalue weighted by Crippen LogP contribution is -2.59. The van der Waals surface area contributed by atoms with Crippen molar-refractivity contribution in [1.29, 1.82) is 0 Å². The van der Waals surface area contributed by atoms with Crippen molar-refractivity contribution in [2.75, 3.05) is 19.6 Å². The summed E-state index contributed by atoms with van der Waals surface area (Å²) in [5, 5.41) is 0.537. The predicted octanol–water partition coefficient (Wildman–Crippen LogP) is 5.16. The minimum Gasteiger partial charge on any atom is -0.345 e. The second kappa shape index (κ2) is 8.87. The minimum absolute atomic E-state index is 0.00491. The first kappa shape index (κ1) is 25.7. The summed E-state index contributed by atoms with van der Waals surface area (Å²) in [6, 6.07) is 7.11. The summed E-state index contributed by atoms with van der Waals surface area (Å²) in [6.45, 7) is -2.61. The fourth-order valence-corrected chi connectivity index (χ4v) is 6.16. The Morgan fingerprint density at radius 1 is 1.00 bits per heavy atom. The molecule has 1 aliphatic carbocycles. The van der Waals surface area contributed by atoms with Crippen LogP contribution in [0.25, 0.3) is 27.7 Å². The largest absolute Gasteiger partial charge is 0.377 e. The first-order chi connectivity index (χ1) is 19.5. The fraction of sp³-hybridized carbons (Fsp3) is 0.321. The number of urea groups is 1. The lowest BCUT2D eigenvalue weighted by molar-refractivity contribution is -0.400. The number of allylic oxidation sites excluding steroid dienone is 2. The third-order valence-corrected chi connectivity index (χ3v) is 7.76. The molecule has 212 valence electrons. The van der Waals surface area contributed by atoms with E-state index >= 15 is 4.39 Å². The van der Waals surface area contributed by atoms with Gasteiger partial charge in [0, 0.05) is 55.0 Å². The topological polar surface area (TPSA) is 72.1 Å². The smallest absolute Gasteiger partial charge is 0.345 e. The van der Waals surface area contributed by atoms with Crippen LogP contribution in [0.1, 0.15) is 29.7 Å². The van der Waals surface area contributed by atoms with E-state index in [9.17, 15) is 27.2 Å². The molecule has 8 nitrogen and oxygen atoms in total. The van der Waals surface area contributed by atoms with Crippen LogP contribution < -0.4 is 0 Å². The van der Waals surface area contributed by atoms with Crippen molar-refractivity contribution in [3.8, 4) is 0 Å². The van der Waals surface area contributed by atoms with Crippen LogP contribution in [0.5, 0.6) is 0 Å². The van der Waals surface area contributed by atoms with Crippen molar-refractivity contribution in [2.45, 2.75) is 38.1 Å². The standard InChI is InChI=1S/C28H22F5N5O3/c29-17-9-16-12-36(26(40)37-14-27(30,31)41-28(32,33)15-37)8-7-35-13-20(19(10-17)25(16)35)18-4-5-22(39)24(18)21-11-34-23-3-1-2-6-38(21)23/h1-3,6,9-11,13H,4-5,7-8,12,14-15H2. The van der Waals surface area contributed by atoms with Crippen LogP contribution in [-0.2, 0) is 22.6 Å². The Morgan fingerprint density at radius 3 is 2.56 bits per heavy atom. The van der Waals surface area contributed by atoms with Gasteiger partial charge in [-0.2, -0.15) is 17.6 Å². The maximum atomic E-state index is 15.0. The monoisotopic (exact) mass is 571 g/mol. The maximum absolute atomic E-state index is 15.0. The summed E-state index contributed by atoms with van der Waals surface area (Å²) in [4.78, 5) is 32.2. The number of carbonyl (C=O) groups is 2. The van der Waals surface area contributed by atoms with Crippen molar-refractivity contribution in [2.24, 2.45) is 0 Å². The molecule has 1 saturated heterocycles. The molecule has 1 fully saturated rings. The van der Waals surface area contributed by atoms with E-state index in [0.29, 0.717) is 50.3 Å². The summed E-state index contributed by atoms with van der Waals surface area (Å²) in [5.74, 6) is -0.641. The Balaban J connectivity index is 1.29. The summed E-state index contributed by atoms with van der Waals surface area (Å²) >= 11 is 0. The molecule has 0 radical (unpaired) electrons. The van der Waals surface area contributed by atoms with Gasteiger partial charge in [-0.15, -0.1) is 0 Å². The van der Waals surface area contributed by atoms with Crippen LogP contribution in [0.4, 0.5) is 26.7 Å². The van der Waals surface area contributed by atoms with Crippen molar-refractivity contribution in [3.05, 3.63) is 71.6 Å². The molecular formula is C28H22F5N5O3. The zero-order valence-corrected chi connectivity index (χ0v) is 21.4. The molecule has 41 heavy (non-hydrogen) atoms. The Labute approximate surface area is 229 Å². The van der Waals surface area contributed by atoms with Gasteiger partial charge in [0.2, 0.25) is 0 Å². The number of morpholine rings is 1. The molecule has 1 aromatic carbocycles. The predicted molar refractivity (Wildman–Crippen MR) is 137 cm³/mol. The number of Topliss-reactive ketones (excluding diaryl/α,β-unsaturated/α-hetero) is 1. The number of imidazole rings is 1. The number of halogens is 5. The molecule has 0 N–H and O–H groups in total. The summed E-state index contributed by atoms with van der Waals surface area (Å²) in [6.07, 6.45) is -2.42. The Bertz CT molecular complexity index is 1780. The van der Waals surface area contributed by atoms with E-state index in [2.05, 4.69) is 9.72 Å². The van der Waals surface area contributed by atoms with Crippen LogP contribution in [0, 0.1) is 5.82 Å². The summed E-state index contributed by atoms with van der Waals surface area (Å²) in [7, 11) is 0. The van der Waals surface area contributed by atoms with Gasteiger partial charge in [-0.1, -0.05) is 6.07 Å². The van der Waals surface area contributed by atoms with E-state index in [1.54, 1.807) is 12.4 Å². The number of ketones is 1. The van der Waals surface area contributed by atoms with E-state index in [1.807, 2.05) is 33.4 Å². The molecule has 7 rings (SSSR count). The Morgan fingerprint density at radius 2 is 1.78 bits per heavy atom. The highest BCUT2D eigenvalue weighted by Crippen LogP contribution is 2.42. The molecule has 0 atom stereocenters. The molecule has 2 amide bonds. The van der Waals surface area contributed by atoms with E-state index in [-0.39, 0.29) is 31.8 Å². The summed E-state index contributed by atoms with van der Waals surface area (Å²) < 4.78 is 77.4. The Hall–Kier alpha value is -4.26. The molecule has 3 aromatic heterocycles. The molecule has 0 bridgehead atoms. The molecule has 13 heteroatoms. The lowest BCUT2D eigenvalue weighted by Gasteiger charge is -2.39. The maximum Gasteiger partial charge on any atom is 0.377 e. The van der Waals surface area contributed by atoms with Crippen LogP contribution in [0.15, 0.2) is 48.9 Å². The molecule has 4 aromatic rings. The van der Waals surface area contributed by atoms with Gasteiger partial charge in [0.05, 0.1) is 17.4 Å². The number of rotatable bonds is 2. The first-order valence-electron chi connectivity index (χ1n) is 13.0. The fourth-order valence-electron chi connectivity index (χ4n) is 6.16. The van der Waals surface area contributed by atoms with E-state index < -0.39 is 37.2 Å². The number of ether oxygens (including phenoxy) is 1. The molecule has 0 saturated carbocycles. The molecule has 0 unspecified atom stereocenters. The second-order valence-electron chi connectivity index (χ2n) is 10.5. The second-order valence-corrected chi connectivity index (χ2v) is 10.5. The number of aromatic nitrogens is 3. The van der Waals surface area contributed by atoms with Crippen LogP contribution in [0.2, 0.25) is 0 Å². The highest BCUT2D eigenvalue weighted by atomic mass is 19.3. The molecule has 5 heterocycles. The zero-order chi connectivity index (χ0) is 28.7. The number of hydrogen-bond acceptors (Lipinski definition) is 4. The van der Waals surface area contributed by atoms with E-state index in [1.165, 1.54) is 12.1 Å². The minimum atomic E-state index is -4.21. The third kappa shape index (κ3) is 4.26. The number of pyridine rings is 1. The van der Waals surface area contributed by atoms with E-state index in [0.717, 1.165) is 10.5 Å². The molecular weight excluding hydrogens is 549 g/mol. The number of amides is 2. The van der Waals surface area contributed by atoms with Gasteiger partial charge in [-0.3, -0.25) is 13.9 Å². The summed E-state index contributed by atoms with van der Waals surface area (Å²) in [5.41, 5.74) is 4.28.